The van der Waals surface area contributed by atoms with Crippen molar-refractivity contribution in [3.8, 4) is 5.75 Å². The van der Waals surface area contributed by atoms with E-state index in [0.717, 1.165) is 16.7 Å². The van der Waals surface area contributed by atoms with Gasteiger partial charge >= 0.3 is 0 Å². The summed E-state index contributed by atoms with van der Waals surface area (Å²) in [4.78, 5) is 0. The van der Waals surface area contributed by atoms with Gasteiger partial charge in [0.2, 0.25) is 0 Å². The zero-order chi connectivity index (χ0) is 13.7. The molecule has 2 aromatic rings. The molecule has 1 heterocycles. The van der Waals surface area contributed by atoms with Gasteiger partial charge < -0.3 is 14.6 Å². The highest BCUT2D eigenvalue weighted by molar-refractivity contribution is 9.10. The Labute approximate surface area is 125 Å². The molecule has 0 aliphatic heterocycles. The van der Waals surface area contributed by atoms with Gasteiger partial charge in [0.25, 0.3) is 0 Å². The van der Waals surface area contributed by atoms with E-state index in [1.165, 1.54) is 0 Å². The predicted molar refractivity (Wildman–Crippen MR) is 77.4 cm³/mol. The van der Waals surface area contributed by atoms with Crippen molar-refractivity contribution in [1.29, 1.82) is 0 Å². The second-order valence-corrected chi connectivity index (χ2v) is 5.22. The standard InChI is InChI=1S/C13H14BrClN2O2/c1-2-16-7-10-6-11(19-17-10)8-18-13-4-3-9(15)5-12(13)14/h3-6,16H,2,7-8H2,1H3. The largest absolute Gasteiger partial charge is 0.484 e. The van der Waals surface area contributed by atoms with E-state index in [9.17, 15) is 0 Å². The van der Waals surface area contributed by atoms with Gasteiger partial charge in [0, 0.05) is 17.6 Å². The predicted octanol–water partition coefficient (Wildman–Crippen LogP) is 3.78. The van der Waals surface area contributed by atoms with Crippen molar-refractivity contribution in [3.05, 3.63) is 45.2 Å². The Morgan fingerprint density at radius 3 is 3.00 bits per heavy atom. The van der Waals surface area contributed by atoms with Gasteiger partial charge in [-0.3, -0.25) is 0 Å². The Morgan fingerprint density at radius 1 is 1.42 bits per heavy atom. The molecule has 0 amide bonds. The van der Waals surface area contributed by atoms with Crippen molar-refractivity contribution in [2.24, 2.45) is 0 Å². The van der Waals surface area contributed by atoms with Crippen LogP contribution in [0.25, 0.3) is 0 Å². The molecule has 1 aromatic heterocycles. The SMILES string of the molecule is CCNCc1cc(COc2ccc(Cl)cc2Br)on1. The van der Waals surface area contributed by atoms with Crippen LogP contribution in [-0.2, 0) is 13.2 Å². The average Bonchev–Trinajstić information content (AvgIpc) is 2.83. The molecule has 1 aromatic carbocycles. The van der Waals surface area contributed by atoms with Gasteiger partial charge in [0.05, 0.1) is 10.2 Å². The Balaban J connectivity index is 1.92. The molecule has 0 bridgehead atoms. The first kappa shape index (κ1) is 14.4. The van der Waals surface area contributed by atoms with Crippen molar-refractivity contribution in [3.63, 3.8) is 0 Å². The molecule has 0 saturated heterocycles. The van der Waals surface area contributed by atoms with Crippen molar-refractivity contribution in [2.75, 3.05) is 6.54 Å². The topological polar surface area (TPSA) is 47.3 Å². The summed E-state index contributed by atoms with van der Waals surface area (Å²) >= 11 is 9.26. The van der Waals surface area contributed by atoms with E-state index < -0.39 is 0 Å². The summed E-state index contributed by atoms with van der Waals surface area (Å²) in [6, 6.07) is 7.25. The number of hydrogen-bond acceptors (Lipinski definition) is 4. The Bertz CT molecular complexity index is 545. The van der Waals surface area contributed by atoms with Crippen LogP contribution in [0.5, 0.6) is 5.75 Å². The Kier molecular flexibility index (Phi) is 5.24. The van der Waals surface area contributed by atoms with Crippen molar-refractivity contribution in [1.82, 2.24) is 10.5 Å². The molecule has 0 radical (unpaired) electrons. The monoisotopic (exact) mass is 344 g/mol. The summed E-state index contributed by atoms with van der Waals surface area (Å²) in [5.74, 6) is 1.41. The van der Waals surface area contributed by atoms with Crippen molar-refractivity contribution < 1.29 is 9.26 Å². The number of nitrogens with zero attached hydrogens (tertiary/aromatic N) is 1. The highest BCUT2D eigenvalue weighted by Gasteiger charge is 2.07. The van der Waals surface area contributed by atoms with Gasteiger partial charge in [-0.25, -0.2) is 0 Å². The Hall–Kier alpha value is -1.04. The van der Waals surface area contributed by atoms with Crippen LogP contribution in [0.15, 0.2) is 33.3 Å². The zero-order valence-corrected chi connectivity index (χ0v) is 12.8. The first-order valence-corrected chi connectivity index (χ1v) is 7.09. The molecule has 6 heteroatoms. The number of rotatable bonds is 6. The number of ether oxygens (including phenoxy) is 1. The summed E-state index contributed by atoms with van der Waals surface area (Å²) in [6.07, 6.45) is 0. The van der Waals surface area contributed by atoms with E-state index in [2.05, 4.69) is 26.4 Å². The third-order valence-electron chi connectivity index (χ3n) is 2.43. The molecule has 0 spiro atoms. The normalized spacial score (nSPS) is 10.7. The smallest absolute Gasteiger partial charge is 0.174 e. The van der Waals surface area contributed by atoms with E-state index >= 15 is 0 Å². The molecule has 102 valence electrons. The highest BCUT2D eigenvalue weighted by Crippen LogP contribution is 2.28. The third kappa shape index (κ3) is 4.23. The zero-order valence-electron chi connectivity index (χ0n) is 10.5. The Morgan fingerprint density at radius 2 is 2.26 bits per heavy atom. The number of hydrogen-bond donors (Lipinski definition) is 1. The van der Waals surface area contributed by atoms with Crippen LogP contribution < -0.4 is 10.1 Å². The van der Waals surface area contributed by atoms with Crippen LogP contribution in [0, 0.1) is 0 Å². The number of benzene rings is 1. The van der Waals surface area contributed by atoms with E-state index in [4.69, 9.17) is 20.9 Å². The summed E-state index contributed by atoms with van der Waals surface area (Å²) in [7, 11) is 0. The van der Waals surface area contributed by atoms with Gasteiger partial charge in [0.15, 0.2) is 5.76 Å². The van der Waals surface area contributed by atoms with Crippen LogP contribution in [0.4, 0.5) is 0 Å². The minimum Gasteiger partial charge on any atom is -0.484 e. The first-order valence-electron chi connectivity index (χ1n) is 5.92. The number of nitrogens with one attached hydrogen (secondary N) is 1. The maximum absolute atomic E-state index is 5.86. The molecule has 0 aliphatic carbocycles. The van der Waals surface area contributed by atoms with Crippen LogP contribution in [-0.4, -0.2) is 11.7 Å². The lowest BCUT2D eigenvalue weighted by Gasteiger charge is -2.05. The maximum Gasteiger partial charge on any atom is 0.174 e. The van der Waals surface area contributed by atoms with Gasteiger partial charge in [0.1, 0.15) is 12.4 Å². The molecular weight excluding hydrogens is 332 g/mol. The second-order valence-electron chi connectivity index (χ2n) is 3.93. The van der Waals surface area contributed by atoms with Gasteiger partial charge in [-0.05, 0) is 40.7 Å². The van der Waals surface area contributed by atoms with Crippen LogP contribution in [0.3, 0.4) is 0 Å². The fraction of sp³-hybridized carbons (Fsp3) is 0.308. The number of halogens is 2. The molecule has 4 nitrogen and oxygen atoms in total. The van der Waals surface area contributed by atoms with Crippen LogP contribution >= 0.6 is 27.5 Å². The molecule has 2 rings (SSSR count). The second kappa shape index (κ2) is 6.93. The van der Waals surface area contributed by atoms with Crippen LogP contribution in [0.2, 0.25) is 5.02 Å². The lowest BCUT2D eigenvalue weighted by atomic mass is 10.3. The van der Waals surface area contributed by atoms with Crippen molar-refractivity contribution >= 4 is 27.5 Å². The number of aromatic nitrogens is 1. The van der Waals surface area contributed by atoms with Crippen LogP contribution in [0.1, 0.15) is 18.4 Å². The highest BCUT2D eigenvalue weighted by atomic mass is 79.9. The first-order chi connectivity index (χ1) is 9.19. The summed E-state index contributed by atoms with van der Waals surface area (Å²) in [5, 5.41) is 7.79. The minimum atomic E-state index is 0.333. The average molecular weight is 346 g/mol. The van der Waals surface area contributed by atoms with E-state index in [-0.39, 0.29) is 0 Å². The fourth-order valence-electron chi connectivity index (χ4n) is 1.50. The van der Waals surface area contributed by atoms with E-state index in [1.54, 1.807) is 12.1 Å². The van der Waals surface area contributed by atoms with Gasteiger partial charge in [-0.1, -0.05) is 23.7 Å². The minimum absolute atomic E-state index is 0.333. The van der Waals surface area contributed by atoms with Gasteiger partial charge in [-0.2, -0.15) is 0 Å². The molecular formula is C13H14BrClN2O2. The van der Waals surface area contributed by atoms with Gasteiger partial charge in [-0.15, -0.1) is 0 Å². The molecule has 19 heavy (non-hydrogen) atoms. The molecule has 0 saturated carbocycles. The molecule has 0 aliphatic rings. The summed E-state index contributed by atoms with van der Waals surface area (Å²) in [5.41, 5.74) is 0.871. The summed E-state index contributed by atoms with van der Waals surface area (Å²) in [6.45, 7) is 3.97. The fourth-order valence-corrected chi connectivity index (χ4v) is 2.30. The van der Waals surface area contributed by atoms with Crippen molar-refractivity contribution in [2.45, 2.75) is 20.1 Å². The molecule has 1 N–H and O–H groups in total. The maximum atomic E-state index is 5.86. The lowest BCUT2D eigenvalue weighted by Crippen LogP contribution is -2.11. The molecule has 0 fully saturated rings. The quantitative estimate of drug-likeness (QED) is 0.865. The summed E-state index contributed by atoms with van der Waals surface area (Å²) < 4.78 is 11.6. The van der Waals surface area contributed by atoms with E-state index in [1.807, 2.05) is 19.1 Å². The lowest BCUT2D eigenvalue weighted by molar-refractivity contribution is 0.247. The van der Waals surface area contributed by atoms with E-state index in [0.29, 0.717) is 29.7 Å². The third-order valence-corrected chi connectivity index (χ3v) is 3.28. The molecule has 0 atom stereocenters. The molecule has 0 unspecified atom stereocenters.